The van der Waals surface area contributed by atoms with Gasteiger partial charge in [-0.25, -0.2) is 0 Å². The number of nitrogens with zero attached hydrogens (tertiary/aromatic N) is 3. The minimum Gasteiger partial charge on any atom is -0.494 e. The highest BCUT2D eigenvalue weighted by Crippen LogP contribution is 2.23. The van der Waals surface area contributed by atoms with Crippen molar-refractivity contribution in [3.63, 3.8) is 0 Å². The first-order valence-corrected chi connectivity index (χ1v) is 10.8. The third-order valence-corrected chi connectivity index (χ3v) is 5.54. The number of likely N-dealkylation sites (tertiary alicyclic amines) is 1. The molecule has 1 fully saturated rings. The van der Waals surface area contributed by atoms with E-state index < -0.39 is 0 Å². The van der Waals surface area contributed by atoms with E-state index in [1.54, 1.807) is 0 Å². The van der Waals surface area contributed by atoms with Crippen LogP contribution in [-0.2, 0) is 11.3 Å². The second-order valence-electron chi connectivity index (χ2n) is 7.52. The Morgan fingerprint density at radius 3 is 2.71 bits per heavy atom. The molecule has 4 rings (SSSR count). The molecule has 162 valence electrons. The second-order valence-corrected chi connectivity index (χ2v) is 7.96. The fourth-order valence-corrected chi connectivity index (χ4v) is 3.84. The first-order valence-electron chi connectivity index (χ1n) is 10.5. The zero-order chi connectivity index (χ0) is 21.6. The Bertz CT molecular complexity index is 1010. The summed E-state index contributed by atoms with van der Waals surface area (Å²) < 4.78 is 10.8. The Labute approximate surface area is 186 Å². The van der Waals surface area contributed by atoms with E-state index in [2.05, 4.69) is 20.4 Å². The smallest absolute Gasteiger partial charge is 0.241 e. The first kappa shape index (κ1) is 21.3. The molecule has 0 unspecified atom stereocenters. The van der Waals surface area contributed by atoms with Crippen LogP contribution in [0.3, 0.4) is 0 Å². The molecule has 7 nitrogen and oxygen atoms in total. The quantitative estimate of drug-likeness (QED) is 0.576. The molecule has 0 spiro atoms. The standard InChI is InChI=1S/C23H25ClN4O3/c1-2-30-20-8-6-19(7-9-20)25-23(29)16-10-12-28(13-11-16)15-21-26-22(27-31-21)17-4-3-5-18(24)14-17/h3-9,14,16H,2,10-13,15H2,1H3,(H,25,29). The predicted molar refractivity (Wildman–Crippen MR) is 119 cm³/mol. The fraction of sp³-hybridized carbons (Fsp3) is 0.348. The Morgan fingerprint density at radius 2 is 2.00 bits per heavy atom. The van der Waals surface area contributed by atoms with E-state index >= 15 is 0 Å². The summed E-state index contributed by atoms with van der Waals surface area (Å²) in [5.41, 5.74) is 1.61. The molecule has 0 atom stereocenters. The number of halogens is 1. The third kappa shape index (κ3) is 5.62. The molecule has 1 aliphatic rings. The molecule has 0 radical (unpaired) electrons. The normalized spacial score (nSPS) is 15.0. The maximum absolute atomic E-state index is 12.6. The van der Waals surface area contributed by atoms with Gasteiger partial charge in [-0.2, -0.15) is 4.98 Å². The molecular weight excluding hydrogens is 416 g/mol. The zero-order valence-electron chi connectivity index (χ0n) is 17.4. The summed E-state index contributed by atoms with van der Waals surface area (Å²) in [7, 11) is 0. The molecule has 1 aromatic heterocycles. The lowest BCUT2D eigenvalue weighted by atomic mass is 9.96. The number of hydrogen-bond donors (Lipinski definition) is 1. The number of carbonyl (C=O) groups is 1. The summed E-state index contributed by atoms with van der Waals surface area (Å²) in [6, 6.07) is 14.8. The number of aromatic nitrogens is 2. The molecule has 31 heavy (non-hydrogen) atoms. The summed E-state index contributed by atoms with van der Waals surface area (Å²) in [6.07, 6.45) is 1.58. The van der Waals surface area contributed by atoms with Crippen molar-refractivity contribution < 1.29 is 14.1 Å². The van der Waals surface area contributed by atoms with Crippen molar-refractivity contribution in [1.82, 2.24) is 15.0 Å². The maximum atomic E-state index is 12.6. The van der Waals surface area contributed by atoms with E-state index in [0.717, 1.165) is 42.9 Å². The number of piperidine rings is 1. The number of ether oxygens (including phenoxy) is 1. The van der Waals surface area contributed by atoms with Crippen molar-refractivity contribution in [2.24, 2.45) is 5.92 Å². The molecule has 1 saturated heterocycles. The van der Waals surface area contributed by atoms with Crippen molar-refractivity contribution in [2.45, 2.75) is 26.3 Å². The SMILES string of the molecule is CCOc1ccc(NC(=O)C2CCN(Cc3nc(-c4cccc(Cl)c4)no3)CC2)cc1. The Morgan fingerprint density at radius 1 is 1.23 bits per heavy atom. The van der Waals surface area contributed by atoms with Crippen LogP contribution >= 0.6 is 11.6 Å². The van der Waals surface area contributed by atoms with Crippen molar-refractivity contribution in [3.8, 4) is 17.1 Å². The van der Waals surface area contributed by atoms with Crippen LogP contribution in [0, 0.1) is 5.92 Å². The van der Waals surface area contributed by atoms with Crippen LogP contribution < -0.4 is 10.1 Å². The minimum atomic E-state index is -0.00692. The van der Waals surface area contributed by atoms with Gasteiger partial charge in [0.1, 0.15) is 5.75 Å². The molecule has 1 amide bonds. The molecule has 1 aliphatic heterocycles. The number of nitrogens with one attached hydrogen (secondary N) is 1. The van der Waals surface area contributed by atoms with Crippen molar-refractivity contribution in [1.29, 1.82) is 0 Å². The lowest BCUT2D eigenvalue weighted by molar-refractivity contribution is -0.121. The lowest BCUT2D eigenvalue weighted by Crippen LogP contribution is -2.37. The van der Waals surface area contributed by atoms with Crippen LogP contribution in [0.5, 0.6) is 5.75 Å². The monoisotopic (exact) mass is 440 g/mol. The van der Waals surface area contributed by atoms with Crippen molar-refractivity contribution in [2.75, 3.05) is 25.0 Å². The number of amides is 1. The highest BCUT2D eigenvalue weighted by molar-refractivity contribution is 6.30. The van der Waals surface area contributed by atoms with E-state index in [-0.39, 0.29) is 11.8 Å². The lowest BCUT2D eigenvalue weighted by Gasteiger charge is -2.30. The van der Waals surface area contributed by atoms with Crippen LogP contribution in [0.1, 0.15) is 25.7 Å². The number of hydrogen-bond acceptors (Lipinski definition) is 6. The average Bonchev–Trinajstić information content (AvgIpc) is 3.24. The van der Waals surface area contributed by atoms with E-state index in [1.165, 1.54) is 0 Å². The van der Waals surface area contributed by atoms with Crippen LogP contribution in [0.25, 0.3) is 11.4 Å². The van der Waals surface area contributed by atoms with Gasteiger partial charge in [-0.05, 0) is 69.3 Å². The molecule has 0 saturated carbocycles. The van der Waals surface area contributed by atoms with Crippen LogP contribution in [0.4, 0.5) is 5.69 Å². The topological polar surface area (TPSA) is 80.5 Å². The number of rotatable bonds is 7. The fourth-order valence-electron chi connectivity index (χ4n) is 3.65. The van der Waals surface area contributed by atoms with Crippen LogP contribution in [0.15, 0.2) is 53.1 Å². The van der Waals surface area contributed by atoms with Gasteiger partial charge in [0, 0.05) is 22.2 Å². The molecule has 2 heterocycles. The van der Waals surface area contributed by atoms with E-state index in [1.807, 2.05) is 55.5 Å². The zero-order valence-corrected chi connectivity index (χ0v) is 18.1. The molecule has 0 aliphatic carbocycles. The van der Waals surface area contributed by atoms with E-state index in [4.69, 9.17) is 20.9 Å². The number of benzene rings is 2. The maximum Gasteiger partial charge on any atom is 0.241 e. The second kappa shape index (κ2) is 9.94. The predicted octanol–water partition coefficient (Wildman–Crippen LogP) is 4.64. The van der Waals surface area contributed by atoms with Crippen molar-refractivity contribution >= 4 is 23.2 Å². The van der Waals surface area contributed by atoms with Gasteiger partial charge in [-0.15, -0.1) is 0 Å². The summed E-state index contributed by atoms with van der Waals surface area (Å²) in [5, 5.41) is 7.70. The van der Waals surface area contributed by atoms with Crippen LogP contribution in [0.2, 0.25) is 5.02 Å². The minimum absolute atomic E-state index is 0.00692. The molecule has 8 heteroatoms. The van der Waals surface area contributed by atoms with Gasteiger partial charge in [0.15, 0.2) is 0 Å². The van der Waals surface area contributed by atoms with Gasteiger partial charge in [0.25, 0.3) is 0 Å². The summed E-state index contributed by atoms with van der Waals surface area (Å²) >= 11 is 6.03. The van der Waals surface area contributed by atoms with Gasteiger partial charge in [0.2, 0.25) is 17.6 Å². The van der Waals surface area contributed by atoms with Gasteiger partial charge in [-0.1, -0.05) is 28.9 Å². The summed E-state index contributed by atoms with van der Waals surface area (Å²) in [5.74, 6) is 1.94. The summed E-state index contributed by atoms with van der Waals surface area (Å²) in [4.78, 5) is 19.3. The Hall–Kier alpha value is -2.90. The Balaban J connectivity index is 1.26. The highest BCUT2D eigenvalue weighted by atomic mass is 35.5. The van der Waals surface area contributed by atoms with Crippen LogP contribution in [-0.4, -0.2) is 40.6 Å². The first-order chi connectivity index (χ1) is 15.1. The van der Waals surface area contributed by atoms with E-state index in [0.29, 0.717) is 29.9 Å². The third-order valence-electron chi connectivity index (χ3n) is 5.30. The van der Waals surface area contributed by atoms with Gasteiger partial charge < -0.3 is 14.6 Å². The number of anilines is 1. The summed E-state index contributed by atoms with van der Waals surface area (Å²) in [6.45, 7) is 4.74. The molecular formula is C23H25ClN4O3. The van der Waals surface area contributed by atoms with Gasteiger partial charge in [0.05, 0.1) is 13.2 Å². The Kier molecular flexibility index (Phi) is 6.84. The number of carbonyl (C=O) groups excluding carboxylic acids is 1. The highest BCUT2D eigenvalue weighted by Gasteiger charge is 2.26. The van der Waals surface area contributed by atoms with E-state index in [9.17, 15) is 4.79 Å². The van der Waals surface area contributed by atoms with Gasteiger partial charge >= 0.3 is 0 Å². The molecule has 3 aromatic rings. The molecule has 1 N–H and O–H groups in total. The average molecular weight is 441 g/mol. The molecule has 2 aromatic carbocycles. The van der Waals surface area contributed by atoms with Crippen molar-refractivity contribution in [3.05, 3.63) is 59.4 Å². The largest absolute Gasteiger partial charge is 0.494 e. The van der Waals surface area contributed by atoms with Gasteiger partial charge in [-0.3, -0.25) is 9.69 Å². The molecule has 0 bridgehead atoms.